The van der Waals surface area contributed by atoms with Gasteiger partial charge < -0.3 is 10.1 Å². The summed E-state index contributed by atoms with van der Waals surface area (Å²) in [7, 11) is 3.65. The highest BCUT2D eigenvalue weighted by Crippen LogP contribution is 2.36. The number of alkyl halides is 1. The van der Waals surface area contributed by atoms with Crippen molar-refractivity contribution in [2.45, 2.75) is 25.7 Å². The molecule has 15 heavy (non-hydrogen) atoms. The minimum absolute atomic E-state index is 0.131. The first-order chi connectivity index (χ1) is 7.02. The average molecular weight is 272 g/mol. The van der Waals surface area contributed by atoms with Crippen LogP contribution in [0.4, 0.5) is 0 Å². The average Bonchev–Trinajstić information content (AvgIpc) is 2.21. The third-order valence-corrected chi connectivity index (χ3v) is 3.66. The molecule has 1 unspecified atom stereocenters. The monoisotopic (exact) mass is 271 g/mol. The number of rotatable bonds is 3. The fraction of sp³-hybridized carbons (Fsp3) is 0.500. The zero-order valence-corrected chi connectivity index (χ0v) is 11.5. The summed E-state index contributed by atoms with van der Waals surface area (Å²) in [5.74, 6) is 0.976. The predicted octanol–water partition coefficient (Wildman–Crippen LogP) is 3.23. The van der Waals surface area contributed by atoms with Crippen LogP contribution in [0.1, 0.15) is 27.2 Å². The van der Waals surface area contributed by atoms with Crippen LogP contribution in [0.25, 0.3) is 0 Å². The predicted molar refractivity (Wildman–Crippen MR) is 67.9 cm³/mol. The van der Waals surface area contributed by atoms with E-state index in [1.54, 1.807) is 7.11 Å². The molecule has 0 saturated heterocycles. The number of nitrogens with one attached hydrogen (secondary N) is 1. The zero-order chi connectivity index (χ0) is 11.6. The van der Waals surface area contributed by atoms with Crippen LogP contribution < -0.4 is 10.1 Å². The lowest BCUT2D eigenvalue weighted by Crippen LogP contribution is -2.13. The van der Waals surface area contributed by atoms with Gasteiger partial charge in [0.25, 0.3) is 0 Å². The molecule has 0 fully saturated rings. The molecular formula is C12H18BrNO. The Morgan fingerprint density at radius 1 is 1.27 bits per heavy atom. The first kappa shape index (κ1) is 12.5. The largest absolute Gasteiger partial charge is 0.496 e. The molecule has 0 radical (unpaired) electrons. The van der Waals surface area contributed by atoms with Crippen molar-refractivity contribution in [1.82, 2.24) is 5.32 Å². The molecule has 1 aromatic carbocycles. The number of methoxy groups -OCH3 is 1. The molecule has 1 atom stereocenters. The highest BCUT2D eigenvalue weighted by molar-refractivity contribution is 9.09. The maximum atomic E-state index is 5.49. The van der Waals surface area contributed by atoms with E-state index < -0.39 is 0 Å². The van der Waals surface area contributed by atoms with E-state index in [4.69, 9.17) is 4.74 Å². The van der Waals surface area contributed by atoms with Gasteiger partial charge in [0.05, 0.1) is 12.1 Å². The van der Waals surface area contributed by atoms with Gasteiger partial charge in [0, 0.05) is 5.56 Å². The van der Waals surface area contributed by atoms with Gasteiger partial charge in [-0.3, -0.25) is 0 Å². The summed E-state index contributed by atoms with van der Waals surface area (Å²) in [5.41, 5.74) is 4.90. The first-order valence-corrected chi connectivity index (χ1v) is 5.90. The van der Waals surface area contributed by atoms with Crippen molar-refractivity contribution in [1.29, 1.82) is 0 Å². The van der Waals surface area contributed by atoms with E-state index in [0.29, 0.717) is 0 Å². The quantitative estimate of drug-likeness (QED) is 0.673. The molecule has 1 N–H and O–H groups in total. The summed E-state index contributed by atoms with van der Waals surface area (Å²) >= 11 is 3.60. The Balaban J connectivity index is 3.41. The Hall–Kier alpha value is -0.540. The summed E-state index contributed by atoms with van der Waals surface area (Å²) in [4.78, 5) is 0.131. The molecule has 0 aliphatic carbocycles. The van der Waals surface area contributed by atoms with Crippen LogP contribution in [0.2, 0.25) is 0 Å². The number of ether oxygens (including phenoxy) is 1. The second kappa shape index (κ2) is 4.99. The van der Waals surface area contributed by atoms with Crippen molar-refractivity contribution in [3.8, 4) is 5.75 Å². The van der Waals surface area contributed by atoms with Crippen molar-refractivity contribution >= 4 is 15.9 Å². The van der Waals surface area contributed by atoms with E-state index >= 15 is 0 Å². The second-order valence-corrected chi connectivity index (χ2v) is 4.65. The van der Waals surface area contributed by atoms with Gasteiger partial charge in [-0.2, -0.15) is 0 Å². The van der Waals surface area contributed by atoms with Gasteiger partial charge in [0.2, 0.25) is 0 Å². The molecule has 0 aliphatic heterocycles. The second-order valence-electron chi connectivity index (χ2n) is 3.73. The Morgan fingerprint density at radius 3 is 2.33 bits per heavy atom. The molecule has 1 aromatic rings. The van der Waals surface area contributed by atoms with Crippen LogP contribution in [-0.2, 0) is 0 Å². The Bertz CT molecular complexity index is 363. The Labute approximate surface area is 100 Å². The van der Waals surface area contributed by atoms with Gasteiger partial charge in [0.15, 0.2) is 0 Å². The van der Waals surface area contributed by atoms with Gasteiger partial charge in [-0.25, -0.2) is 0 Å². The van der Waals surface area contributed by atoms with E-state index in [1.807, 2.05) is 7.05 Å². The fourth-order valence-electron chi connectivity index (χ4n) is 1.79. The highest BCUT2D eigenvalue weighted by Gasteiger charge is 2.17. The van der Waals surface area contributed by atoms with E-state index in [1.165, 1.54) is 22.3 Å². The number of halogens is 1. The van der Waals surface area contributed by atoms with E-state index in [2.05, 4.69) is 48.1 Å². The molecule has 84 valence electrons. The minimum atomic E-state index is 0.131. The topological polar surface area (TPSA) is 21.3 Å². The zero-order valence-electron chi connectivity index (χ0n) is 9.94. The normalized spacial score (nSPS) is 12.7. The highest BCUT2D eigenvalue weighted by atomic mass is 79.9. The minimum Gasteiger partial charge on any atom is -0.496 e. The smallest absolute Gasteiger partial charge is 0.127 e. The third kappa shape index (κ3) is 2.34. The summed E-state index contributed by atoms with van der Waals surface area (Å²) in [6, 6.07) is 2.19. The summed E-state index contributed by atoms with van der Waals surface area (Å²) in [5, 5.41) is 3.18. The van der Waals surface area contributed by atoms with Crippen LogP contribution in [0, 0.1) is 20.8 Å². The van der Waals surface area contributed by atoms with E-state index in [0.717, 1.165) is 5.75 Å². The molecule has 0 saturated carbocycles. The van der Waals surface area contributed by atoms with Gasteiger partial charge >= 0.3 is 0 Å². The molecule has 0 amide bonds. The van der Waals surface area contributed by atoms with Crippen LogP contribution in [0.5, 0.6) is 5.75 Å². The van der Waals surface area contributed by atoms with E-state index in [9.17, 15) is 0 Å². The van der Waals surface area contributed by atoms with E-state index in [-0.39, 0.29) is 4.95 Å². The molecule has 0 aliphatic rings. The van der Waals surface area contributed by atoms with Crippen molar-refractivity contribution in [3.63, 3.8) is 0 Å². The van der Waals surface area contributed by atoms with Crippen molar-refractivity contribution in [2.24, 2.45) is 0 Å². The van der Waals surface area contributed by atoms with Gasteiger partial charge in [-0.05, 0) is 44.5 Å². The Kier molecular flexibility index (Phi) is 4.17. The lowest BCUT2D eigenvalue weighted by Gasteiger charge is -2.20. The molecule has 1 rings (SSSR count). The molecule has 2 nitrogen and oxygen atoms in total. The fourth-order valence-corrected chi connectivity index (χ4v) is 2.36. The lowest BCUT2D eigenvalue weighted by atomic mass is 9.99. The van der Waals surface area contributed by atoms with Crippen molar-refractivity contribution in [3.05, 3.63) is 28.3 Å². The number of hydrogen-bond donors (Lipinski definition) is 1. The molecule has 0 aromatic heterocycles. The maximum Gasteiger partial charge on any atom is 0.127 e. The van der Waals surface area contributed by atoms with Gasteiger partial charge in [0.1, 0.15) is 5.75 Å². The SMILES string of the molecule is CNC(Br)c1c(C)cc(C)c(C)c1OC. The van der Waals surface area contributed by atoms with Gasteiger partial charge in [-0.15, -0.1) is 0 Å². The number of benzene rings is 1. The molecule has 3 heteroatoms. The summed E-state index contributed by atoms with van der Waals surface area (Å²) < 4.78 is 5.49. The van der Waals surface area contributed by atoms with Crippen LogP contribution in [-0.4, -0.2) is 14.2 Å². The summed E-state index contributed by atoms with van der Waals surface area (Å²) in [6.45, 7) is 6.31. The Morgan fingerprint density at radius 2 is 1.87 bits per heavy atom. The third-order valence-electron chi connectivity index (χ3n) is 2.75. The first-order valence-electron chi connectivity index (χ1n) is 4.99. The lowest BCUT2D eigenvalue weighted by molar-refractivity contribution is 0.404. The van der Waals surface area contributed by atoms with Crippen LogP contribution in [0.15, 0.2) is 6.07 Å². The van der Waals surface area contributed by atoms with Crippen molar-refractivity contribution < 1.29 is 4.74 Å². The molecule has 0 spiro atoms. The molecule has 0 heterocycles. The standard InChI is InChI=1S/C12H18BrNO/c1-7-6-8(2)10(12(13)14-4)11(15-5)9(7)3/h6,12,14H,1-5H3. The number of hydrogen-bond acceptors (Lipinski definition) is 2. The molecule has 0 bridgehead atoms. The molecular weight excluding hydrogens is 254 g/mol. The maximum absolute atomic E-state index is 5.49. The van der Waals surface area contributed by atoms with Crippen LogP contribution >= 0.6 is 15.9 Å². The van der Waals surface area contributed by atoms with Crippen molar-refractivity contribution in [2.75, 3.05) is 14.2 Å². The number of aryl methyl sites for hydroxylation is 2. The summed E-state index contributed by atoms with van der Waals surface area (Å²) in [6.07, 6.45) is 0. The van der Waals surface area contributed by atoms with Crippen LogP contribution in [0.3, 0.4) is 0 Å². The van der Waals surface area contributed by atoms with Gasteiger partial charge in [-0.1, -0.05) is 22.0 Å².